The van der Waals surface area contributed by atoms with E-state index in [-0.39, 0.29) is 11.4 Å². The van der Waals surface area contributed by atoms with Crippen molar-refractivity contribution in [2.75, 3.05) is 6.54 Å². The topological polar surface area (TPSA) is 57.0 Å². The summed E-state index contributed by atoms with van der Waals surface area (Å²) in [6.45, 7) is 0.604. The number of aliphatic hydroxyl groups is 1. The number of benzene rings is 1. The molecule has 120 valence electrons. The van der Waals surface area contributed by atoms with Crippen molar-refractivity contribution in [3.8, 4) is 0 Å². The summed E-state index contributed by atoms with van der Waals surface area (Å²) < 4.78 is 39.5. The number of rotatable bonds is 2. The summed E-state index contributed by atoms with van der Waals surface area (Å²) in [6, 6.07) is 5.16. The van der Waals surface area contributed by atoms with Crippen molar-refractivity contribution in [1.82, 2.24) is 5.32 Å². The van der Waals surface area contributed by atoms with E-state index in [2.05, 4.69) is 15.3 Å². The SMILES string of the molecule is OC1C=C(C2=CC=NCC2)NC(c2ccccc2C(F)(F)F)=N1. The van der Waals surface area contributed by atoms with E-state index in [1.165, 1.54) is 24.3 Å². The van der Waals surface area contributed by atoms with Gasteiger partial charge in [0.2, 0.25) is 0 Å². The molecule has 0 radical (unpaired) electrons. The van der Waals surface area contributed by atoms with Gasteiger partial charge in [-0.25, -0.2) is 4.99 Å². The van der Waals surface area contributed by atoms with Crippen LogP contribution in [0.2, 0.25) is 0 Å². The fraction of sp³-hybridized carbons (Fsp3) is 0.250. The fourth-order valence-corrected chi connectivity index (χ4v) is 2.49. The number of hydrogen-bond acceptors (Lipinski definition) is 4. The van der Waals surface area contributed by atoms with Crippen LogP contribution in [0.3, 0.4) is 0 Å². The van der Waals surface area contributed by atoms with Crippen LogP contribution in [0.15, 0.2) is 57.7 Å². The molecule has 4 nitrogen and oxygen atoms in total. The summed E-state index contributed by atoms with van der Waals surface area (Å²) in [5.74, 6) is 0.00587. The van der Waals surface area contributed by atoms with Crippen LogP contribution in [0.4, 0.5) is 13.2 Å². The number of nitrogens with one attached hydrogen (secondary N) is 1. The third kappa shape index (κ3) is 3.34. The van der Waals surface area contributed by atoms with Crippen LogP contribution < -0.4 is 5.32 Å². The number of alkyl halides is 3. The van der Waals surface area contributed by atoms with Gasteiger partial charge in [0.1, 0.15) is 5.84 Å². The largest absolute Gasteiger partial charge is 0.417 e. The molecular weight excluding hydrogens is 307 g/mol. The van der Waals surface area contributed by atoms with Crippen molar-refractivity contribution in [3.63, 3.8) is 0 Å². The van der Waals surface area contributed by atoms with Crippen molar-refractivity contribution in [2.24, 2.45) is 9.98 Å². The van der Waals surface area contributed by atoms with Crippen LogP contribution in [0.25, 0.3) is 0 Å². The van der Waals surface area contributed by atoms with Crippen LogP contribution in [-0.4, -0.2) is 29.9 Å². The highest BCUT2D eigenvalue weighted by molar-refractivity contribution is 6.02. The quantitative estimate of drug-likeness (QED) is 0.880. The Morgan fingerprint density at radius 2 is 2.00 bits per heavy atom. The van der Waals surface area contributed by atoms with Crippen molar-refractivity contribution >= 4 is 12.1 Å². The Kier molecular flexibility index (Phi) is 4.04. The van der Waals surface area contributed by atoms with E-state index in [1.54, 1.807) is 12.3 Å². The van der Waals surface area contributed by atoms with Crippen molar-refractivity contribution < 1.29 is 18.3 Å². The highest BCUT2D eigenvalue weighted by Crippen LogP contribution is 2.32. The first-order valence-corrected chi connectivity index (χ1v) is 7.06. The zero-order valence-electron chi connectivity index (χ0n) is 12.0. The Hall–Kier alpha value is -2.41. The van der Waals surface area contributed by atoms with Crippen LogP contribution in [-0.2, 0) is 6.18 Å². The second kappa shape index (κ2) is 6.00. The molecule has 1 aromatic rings. The molecule has 0 saturated carbocycles. The molecule has 2 aliphatic heterocycles. The molecule has 2 heterocycles. The van der Waals surface area contributed by atoms with E-state index in [0.717, 1.165) is 11.6 Å². The lowest BCUT2D eigenvalue weighted by atomic mass is 10.0. The minimum absolute atomic E-state index is 0.00587. The molecule has 0 fully saturated rings. The maximum Gasteiger partial charge on any atom is 0.417 e. The summed E-state index contributed by atoms with van der Waals surface area (Å²) in [7, 11) is 0. The normalized spacial score (nSPS) is 21.2. The summed E-state index contributed by atoms with van der Waals surface area (Å²) in [4.78, 5) is 7.96. The van der Waals surface area contributed by atoms with Crippen molar-refractivity contribution in [2.45, 2.75) is 18.8 Å². The fourth-order valence-electron chi connectivity index (χ4n) is 2.49. The molecule has 1 unspecified atom stereocenters. The molecule has 0 amide bonds. The molecule has 0 saturated heterocycles. The molecule has 0 bridgehead atoms. The lowest BCUT2D eigenvalue weighted by molar-refractivity contribution is -0.137. The van der Waals surface area contributed by atoms with E-state index in [1.807, 2.05) is 0 Å². The third-order valence-electron chi connectivity index (χ3n) is 3.56. The third-order valence-corrected chi connectivity index (χ3v) is 3.56. The molecule has 0 aromatic heterocycles. The van der Waals surface area contributed by atoms with Crippen LogP contribution >= 0.6 is 0 Å². The zero-order valence-corrected chi connectivity index (χ0v) is 12.0. The summed E-state index contributed by atoms with van der Waals surface area (Å²) in [5, 5.41) is 12.8. The van der Waals surface area contributed by atoms with E-state index in [9.17, 15) is 18.3 Å². The molecule has 7 heteroatoms. The van der Waals surface area contributed by atoms with Crippen LogP contribution in [0, 0.1) is 0 Å². The Morgan fingerprint density at radius 1 is 1.22 bits per heavy atom. The van der Waals surface area contributed by atoms with Gasteiger partial charge < -0.3 is 10.4 Å². The molecule has 0 spiro atoms. The number of aliphatic hydroxyl groups excluding tert-OH is 1. The minimum Gasteiger partial charge on any atom is -0.368 e. The highest BCUT2D eigenvalue weighted by atomic mass is 19.4. The smallest absolute Gasteiger partial charge is 0.368 e. The van der Waals surface area contributed by atoms with Gasteiger partial charge in [-0.1, -0.05) is 18.2 Å². The zero-order chi connectivity index (χ0) is 16.4. The van der Waals surface area contributed by atoms with Gasteiger partial charge in [0, 0.05) is 24.0 Å². The Labute approximate surface area is 130 Å². The van der Waals surface area contributed by atoms with E-state index in [4.69, 9.17) is 0 Å². The maximum absolute atomic E-state index is 13.2. The predicted molar refractivity (Wildman–Crippen MR) is 81.3 cm³/mol. The molecule has 1 atom stereocenters. The lowest BCUT2D eigenvalue weighted by Crippen LogP contribution is -2.33. The Balaban J connectivity index is 1.96. The van der Waals surface area contributed by atoms with Crippen molar-refractivity contribution in [3.05, 3.63) is 58.8 Å². The van der Waals surface area contributed by atoms with Gasteiger partial charge in [-0.2, -0.15) is 13.2 Å². The molecule has 2 aliphatic rings. The number of allylic oxidation sites excluding steroid dienone is 2. The minimum atomic E-state index is -4.50. The Morgan fingerprint density at radius 3 is 2.70 bits per heavy atom. The van der Waals surface area contributed by atoms with E-state index < -0.39 is 18.0 Å². The van der Waals surface area contributed by atoms with E-state index >= 15 is 0 Å². The van der Waals surface area contributed by atoms with Gasteiger partial charge in [-0.05, 0) is 30.2 Å². The first-order chi connectivity index (χ1) is 10.9. The molecule has 2 N–H and O–H groups in total. The molecular formula is C16H14F3N3O. The molecule has 3 rings (SSSR count). The van der Waals surface area contributed by atoms with Crippen molar-refractivity contribution in [1.29, 1.82) is 0 Å². The summed E-state index contributed by atoms with van der Waals surface area (Å²) >= 11 is 0. The Bertz CT molecular complexity index is 732. The molecule has 0 aliphatic carbocycles. The van der Waals surface area contributed by atoms with Gasteiger partial charge in [-0.15, -0.1) is 0 Å². The van der Waals surface area contributed by atoms with E-state index in [0.29, 0.717) is 18.7 Å². The maximum atomic E-state index is 13.2. The standard InChI is InChI=1S/C16H14F3N3O/c17-16(18,19)12-4-2-1-3-11(12)15-21-13(9-14(23)22-15)10-5-7-20-8-6-10/h1-5,7,9,14,23H,6,8H2,(H,21,22). The van der Waals surface area contributed by atoms with Crippen LogP contribution in [0.5, 0.6) is 0 Å². The number of nitrogens with zero attached hydrogens (tertiary/aromatic N) is 2. The molecule has 23 heavy (non-hydrogen) atoms. The predicted octanol–water partition coefficient (Wildman–Crippen LogP) is 2.66. The highest BCUT2D eigenvalue weighted by Gasteiger charge is 2.35. The van der Waals surface area contributed by atoms with Gasteiger partial charge in [-0.3, -0.25) is 4.99 Å². The molecule has 1 aromatic carbocycles. The number of dihydropyridines is 1. The first-order valence-electron chi connectivity index (χ1n) is 7.06. The van der Waals surface area contributed by atoms with Gasteiger partial charge >= 0.3 is 6.18 Å². The monoisotopic (exact) mass is 321 g/mol. The number of aliphatic imine (C=N–C) groups is 2. The van der Waals surface area contributed by atoms with Gasteiger partial charge in [0.15, 0.2) is 6.23 Å². The second-order valence-electron chi connectivity index (χ2n) is 5.14. The number of hydrogen-bond donors (Lipinski definition) is 2. The summed E-state index contributed by atoms with van der Waals surface area (Å²) in [6.07, 6.45) is -0.149. The average molecular weight is 321 g/mol. The average Bonchev–Trinajstić information content (AvgIpc) is 2.54. The van der Waals surface area contributed by atoms with Gasteiger partial charge in [0.25, 0.3) is 0 Å². The number of halogens is 3. The first kappa shape index (κ1) is 15.5. The lowest BCUT2D eigenvalue weighted by Gasteiger charge is -2.24. The van der Waals surface area contributed by atoms with Gasteiger partial charge in [0.05, 0.1) is 5.56 Å². The second-order valence-corrected chi connectivity index (χ2v) is 5.14. The van der Waals surface area contributed by atoms with Crippen LogP contribution in [0.1, 0.15) is 17.5 Å². The number of amidine groups is 1. The summed E-state index contributed by atoms with van der Waals surface area (Å²) in [5.41, 5.74) is 0.551.